The van der Waals surface area contributed by atoms with Gasteiger partial charge in [0.2, 0.25) is 5.91 Å². The average Bonchev–Trinajstić information content (AvgIpc) is 2.77. The quantitative estimate of drug-likeness (QED) is 0.595. The molecule has 2 aliphatic rings. The smallest absolute Gasteiger partial charge is 0.269 e. The van der Waals surface area contributed by atoms with Crippen molar-refractivity contribution < 1.29 is 14.3 Å². The Hall–Kier alpha value is -2.84. The van der Waals surface area contributed by atoms with E-state index in [0.29, 0.717) is 18.0 Å². The number of hydrogen-bond acceptors (Lipinski definition) is 6. The van der Waals surface area contributed by atoms with Gasteiger partial charge in [0.05, 0.1) is 30.1 Å². The molecule has 4 heterocycles. The van der Waals surface area contributed by atoms with Crippen LogP contribution in [0.3, 0.4) is 0 Å². The van der Waals surface area contributed by atoms with Crippen LogP contribution in [0, 0.1) is 0 Å². The lowest BCUT2D eigenvalue weighted by Gasteiger charge is -2.49. The molecule has 2 saturated heterocycles. The normalized spacial score (nSPS) is 23.0. The highest BCUT2D eigenvalue weighted by atomic mass is 35.5. The van der Waals surface area contributed by atoms with Crippen LogP contribution in [-0.4, -0.2) is 57.4 Å². The van der Waals surface area contributed by atoms with E-state index in [0.717, 1.165) is 24.8 Å². The number of halogens is 1. The number of piperidine rings is 1. The van der Waals surface area contributed by atoms with E-state index in [4.69, 9.17) is 16.3 Å². The second-order valence-corrected chi connectivity index (χ2v) is 7.72. The topological polar surface area (TPSA) is 97.3 Å². The van der Waals surface area contributed by atoms with Crippen molar-refractivity contribution in [1.29, 1.82) is 0 Å². The van der Waals surface area contributed by atoms with Gasteiger partial charge in [-0.15, -0.1) is 0 Å². The van der Waals surface area contributed by atoms with Gasteiger partial charge in [-0.2, -0.15) is 0 Å². The molecular weight excluding hydrogens is 406 g/mol. The van der Waals surface area contributed by atoms with Crippen LogP contribution >= 0.6 is 11.6 Å². The number of aromatic nitrogens is 3. The summed E-state index contributed by atoms with van der Waals surface area (Å²) in [4.78, 5) is 38.9. The SMILES string of the molecule is C=CC(=O)N1[C@H]2CCC[C@@H]1[C@@H](c1cc(Cl)nc(-c3cc(C(=O)NC)ncn3)c1)OC2. The summed E-state index contributed by atoms with van der Waals surface area (Å²) < 4.78 is 6.17. The summed E-state index contributed by atoms with van der Waals surface area (Å²) in [6, 6.07) is 5.13. The standard InChI is InChI=1S/C21H22ClN5O3/c1-3-19(28)27-13-5-4-6-17(27)20(30-10-13)12-7-15(26-18(22)8-12)14-9-16(21(29)23-2)25-11-24-14/h3,7-9,11,13,17,20H,1,4-6,10H2,2H3,(H,23,29)/t13-,17+,20+/m0/s1. The largest absolute Gasteiger partial charge is 0.369 e. The first-order valence-electron chi connectivity index (χ1n) is 9.80. The van der Waals surface area contributed by atoms with Gasteiger partial charge in [-0.05, 0) is 49.1 Å². The molecule has 2 aromatic heterocycles. The number of nitrogens with one attached hydrogen (secondary N) is 1. The molecule has 2 aromatic rings. The molecule has 0 aliphatic carbocycles. The van der Waals surface area contributed by atoms with Gasteiger partial charge in [0.25, 0.3) is 5.91 Å². The zero-order valence-electron chi connectivity index (χ0n) is 16.5. The number of hydrogen-bond donors (Lipinski definition) is 1. The number of ether oxygens (including phenoxy) is 1. The maximum Gasteiger partial charge on any atom is 0.269 e. The first-order valence-corrected chi connectivity index (χ1v) is 10.2. The van der Waals surface area contributed by atoms with Crippen molar-refractivity contribution in [1.82, 2.24) is 25.2 Å². The van der Waals surface area contributed by atoms with Gasteiger partial charge in [0.15, 0.2) is 0 Å². The first-order chi connectivity index (χ1) is 14.5. The first kappa shape index (κ1) is 20.4. The number of fused-ring (bicyclic) bond motifs is 2. The van der Waals surface area contributed by atoms with Crippen molar-refractivity contribution in [2.45, 2.75) is 37.5 Å². The van der Waals surface area contributed by atoms with Gasteiger partial charge < -0.3 is 15.0 Å². The van der Waals surface area contributed by atoms with E-state index in [1.54, 1.807) is 12.1 Å². The molecule has 4 rings (SSSR count). The molecule has 9 heteroatoms. The highest BCUT2D eigenvalue weighted by Gasteiger charge is 2.43. The zero-order valence-corrected chi connectivity index (χ0v) is 17.3. The number of morpholine rings is 1. The van der Waals surface area contributed by atoms with Gasteiger partial charge >= 0.3 is 0 Å². The van der Waals surface area contributed by atoms with Gasteiger partial charge in [0, 0.05) is 7.05 Å². The van der Waals surface area contributed by atoms with Crippen LogP contribution in [0.2, 0.25) is 5.15 Å². The Labute approximate surface area is 179 Å². The molecule has 0 unspecified atom stereocenters. The van der Waals surface area contributed by atoms with Crippen LogP contribution in [0.15, 0.2) is 37.2 Å². The summed E-state index contributed by atoms with van der Waals surface area (Å²) in [6.07, 6.45) is 5.14. The van der Waals surface area contributed by atoms with E-state index in [2.05, 4.69) is 26.8 Å². The number of nitrogens with zero attached hydrogens (tertiary/aromatic N) is 4. The summed E-state index contributed by atoms with van der Waals surface area (Å²) in [6.45, 7) is 4.11. The lowest BCUT2D eigenvalue weighted by molar-refractivity contribution is -0.158. The predicted molar refractivity (Wildman–Crippen MR) is 111 cm³/mol. The monoisotopic (exact) mass is 427 g/mol. The second kappa shape index (κ2) is 8.49. The third-order valence-corrected chi connectivity index (χ3v) is 5.76. The third-order valence-electron chi connectivity index (χ3n) is 5.57. The highest BCUT2D eigenvalue weighted by Crippen LogP contribution is 2.40. The number of amides is 2. The molecule has 2 fully saturated rings. The van der Waals surface area contributed by atoms with E-state index in [9.17, 15) is 9.59 Å². The number of pyridine rings is 1. The molecule has 0 saturated carbocycles. The Kier molecular flexibility index (Phi) is 5.78. The van der Waals surface area contributed by atoms with Crippen LogP contribution in [0.25, 0.3) is 11.4 Å². The van der Waals surface area contributed by atoms with E-state index in [1.165, 1.54) is 19.5 Å². The van der Waals surface area contributed by atoms with Gasteiger partial charge in [0.1, 0.15) is 23.3 Å². The summed E-state index contributed by atoms with van der Waals surface area (Å²) in [5.41, 5.74) is 2.03. The summed E-state index contributed by atoms with van der Waals surface area (Å²) in [5, 5.41) is 2.82. The second-order valence-electron chi connectivity index (χ2n) is 7.33. The van der Waals surface area contributed by atoms with Crippen molar-refractivity contribution >= 4 is 23.4 Å². The molecule has 0 radical (unpaired) electrons. The lowest BCUT2D eigenvalue weighted by Crippen LogP contribution is -2.57. The van der Waals surface area contributed by atoms with Crippen molar-refractivity contribution in [2.24, 2.45) is 0 Å². The van der Waals surface area contributed by atoms with E-state index >= 15 is 0 Å². The molecule has 8 nitrogen and oxygen atoms in total. The molecule has 156 valence electrons. The van der Waals surface area contributed by atoms with Crippen LogP contribution in [0.1, 0.15) is 41.4 Å². The Balaban J connectivity index is 1.71. The fourth-order valence-corrected chi connectivity index (χ4v) is 4.44. The molecule has 2 aliphatic heterocycles. The molecule has 1 N–H and O–H groups in total. The minimum absolute atomic E-state index is 0.0688. The van der Waals surface area contributed by atoms with Gasteiger partial charge in [-0.1, -0.05) is 18.2 Å². The van der Waals surface area contributed by atoms with Crippen molar-refractivity contribution in [3.63, 3.8) is 0 Å². The van der Waals surface area contributed by atoms with Gasteiger partial charge in [-0.3, -0.25) is 9.59 Å². The molecule has 0 spiro atoms. The third kappa shape index (κ3) is 3.80. The summed E-state index contributed by atoms with van der Waals surface area (Å²) in [5.74, 6) is -0.396. The van der Waals surface area contributed by atoms with Crippen LogP contribution in [0.5, 0.6) is 0 Å². The highest BCUT2D eigenvalue weighted by molar-refractivity contribution is 6.29. The Morgan fingerprint density at radius 1 is 1.27 bits per heavy atom. The van der Waals surface area contributed by atoms with Crippen molar-refractivity contribution in [3.05, 3.63) is 53.6 Å². The van der Waals surface area contributed by atoms with Crippen molar-refractivity contribution in [3.8, 4) is 11.4 Å². The van der Waals surface area contributed by atoms with E-state index < -0.39 is 0 Å². The molecule has 2 amide bonds. The van der Waals surface area contributed by atoms with Crippen LogP contribution in [0.4, 0.5) is 0 Å². The predicted octanol–water partition coefficient (Wildman–Crippen LogP) is 2.56. The molecule has 0 aromatic carbocycles. The Morgan fingerprint density at radius 3 is 2.87 bits per heavy atom. The summed E-state index contributed by atoms with van der Waals surface area (Å²) >= 11 is 6.32. The molecule has 2 bridgehead atoms. The van der Waals surface area contributed by atoms with Crippen LogP contribution < -0.4 is 5.32 Å². The lowest BCUT2D eigenvalue weighted by atomic mass is 9.87. The fraction of sp³-hybridized carbons (Fsp3) is 0.381. The van der Waals surface area contributed by atoms with E-state index in [-0.39, 0.29) is 40.8 Å². The minimum atomic E-state index is -0.329. The number of carbonyl (C=O) groups excluding carboxylic acids is 2. The van der Waals surface area contributed by atoms with Crippen LogP contribution in [-0.2, 0) is 9.53 Å². The number of carbonyl (C=O) groups is 2. The average molecular weight is 428 g/mol. The molecule has 30 heavy (non-hydrogen) atoms. The Morgan fingerprint density at radius 2 is 2.10 bits per heavy atom. The molecule has 3 atom stereocenters. The summed E-state index contributed by atoms with van der Waals surface area (Å²) in [7, 11) is 1.54. The molecular formula is C21H22ClN5O3. The number of rotatable bonds is 4. The minimum Gasteiger partial charge on any atom is -0.369 e. The van der Waals surface area contributed by atoms with Crippen molar-refractivity contribution in [2.75, 3.05) is 13.7 Å². The zero-order chi connectivity index (χ0) is 21.3. The van der Waals surface area contributed by atoms with E-state index in [1.807, 2.05) is 11.0 Å². The Bertz CT molecular complexity index is 998. The maximum absolute atomic E-state index is 12.5. The van der Waals surface area contributed by atoms with Gasteiger partial charge in [-0.25, -0.2) is 15.0 Å². The maximum atomic E-state index is 12.5. The fourth-order valence-electron chi connectivity index (χ4n) is 4.23.